The maximum Gasteiger partial charge on any atom is 0.433 e. The van der Waals surface area contributed by atoms with Crippen LogP contribution in [0, 0.1) is 6.92 Å². The zero-order valence-corrected chi connectivity index (χ0v) is 12.4. The van der Waals surface area contributed by atoms with Gasteiger partial charge in [0.25, 0.3) is 0 Å². The van der Waals surface area contributed by atoms with Crippen LogP contribution in [0.25, 0.3) is 16.9 Å². The fourth-order valence-corrected chi connectivity index (χ4v) is 2.32. The van der Waals surface area contributed by atoms with Gasteiger partial charge in [-0.1, -0.05) is 28.1 Å². The van der Waals surface area contributed by atoms with E-state index in [1.165, 1.54) is 6.07 Å². The number of rotatable bonds is 1. The molecule has 0 fully saturated rings. The van der Waals surface area contributed by atoms with Crippen molar-refractivity contribution in [3.63, 3.8) is 0 Å². The molecule has 0 saturated heterocycles. The Labute approximate surface area is 126 Å². The number of fused-ring (bicyclic) bond motifs is 1. The Morgan fingerprint density at radius 2 is 1.76 bits per heavy atom. The molecule has 0 atom stereocenters. The van der Waals surface area contributed by atoms with E-state index in [2.05, 4.69) is 26.0 Å². The molecule has 3 nitrogen and oxygen atoms in total. The van der Waals surface area contributed by atoms with E-state index in [0.717, 1.165) is 15.1 Å². The lowest BCUT2D eigenvalue weighted by Gasteiger charge is -2.11. The van der Waals surface area contributed by atoms with Gasteiger partial charge in [-0.3, -0.25) is 0 Å². The summed E-state index contributed by atoms with van der Waals surface area (Å²) in [6.07, 6.45) is -4.50. The minimum absolute atomic E-state index is 0.181. The van der Waals surface area contributed by atoms with Crippen LogP contribution < -0.4 is 0 Å². The summed E-state index contributed by atoms with van der Waals surface area (Å²) in [6.45, 7) is 1.63. The average molecular weight is 356 g/mol. The van der Waals surface area contributed by atoms with E-state index in [9.17, 15) is 13.2 Å². The smallest absolute Gasteiger partial charge is 0.229 e. The van der Waals surface area contributed by atoms with Crippen LogP contribution in [0.2, 0.25) is 0 Å². The van der Waals surface area contributed by atoms with Gasteiger partial charge < -0.3 is 0 Å². The van der Waals surface area contributed by atoms with E-state index < -0.39 is 11.9 Å². The number of nitrogens with zero attached hydrogens (tertiary/aromatic N) is 3. The van der Waals surface area contributed by atoms with Crippen molar-refractivity contribution in [1.29, 1.82) is 0 Å². The highest BCUT2D eigenvalue weighted by atomic mass is 79.9. The largest absolute Gasteiger partial charge is 0.433 e. The first-order valence-corrected chi connectivity index (χ1v) is 6.84. The van der Waals surface area contributed by atoms with Crippen molar-refractivity contribution in [1.82, 2.24) is 14.6 Å². The highest BCUT2D eigenvalue weighted by molar-refractivity contribution is 9.10. The topological polar surface area (TPSA) is 30.2 Å². The molecule has 0 aliphatic heterocycles. The third-order valence-electron chi connectivity index (χ3n) is 2.98. The molecule has 21 heavy (non-hydrogen) atoms. The zero-order valence-electron chi connectivity index (χ0n) is 10.8. The van der Waals surface area contributed by atoms with E-state index >= 15 is 0 Å². The lowest BCUT2D eigenvalue weighted by Crippen LogP contribution is -2.13. The van der Waals surface area contributed by atoms with Crippen molar-refractivity contribution in [3.05, 3.63) is 52.3 Å². The second-order valence-electron chi connectivity index (χ2n) is 4.59. The van der Waals surface area contributed by atoms with Gasteiger partial charge in [0.15, 0.2) is 11.3 Å². The summed E-state index contributed by atoms with van der Waals surface area (Å²) < 4.78 is 41.3. The zero-order chi connectivity index (χ0) is 15.2. The first-order valence-electron chi connectivity index (χ1n) is 6.05. The van der Waals surface area contributed by atoms with Gasteiger partial charge in [0.2, 0.25) is 0 Å². The second-order valence-corrected chi connectivity index (χ2v) is 5.50. The highest BCUT2D eigenvalue weighted by Gasteiger charge is 2.35. The maximum atomic E-state index is 13.2. The Morgan fingerprint density at radius 1 is 1.10 bits per heavy atom. The molecule has 0 radical (unpaired) electrons. The molecular weight excluding hydrogens is 347 g/mol. The predicted molar refractivity (Wildman–Crippen MR) is 75.9 cm³/mol. The summed E-state index contributed by atoms with van der Waals surface area (Å²) in [5.41, 5.74) is 0.715. The number of aromatic nitrogens is 3. The summed E-state index contributed by atoms with van der Waals surface area (Å²) >= 11 is 3.29. The van der Waals surface area contributed by atoms with E-state index in [1.54, 1.807) is 31.2 Å². The molecule has 0 aliphatic rings. The summed E-state index contributed by atoms with van der Waals surface area (Å²) in [4.78, 5) is 4.26. The number of alkyl halides is 3. The van der Waals surface area contributed by atoms with Gasteiger partial charge in [0, 0.05) is 16.1 Å². The summed E-state index contributed by atoms with van der Waals surface area (Å²) in [5.74, 6) is 0. The van der Waals surface area contributed by atoms with E-state index in [-0.39, 0.29) is 11.3 Å². The molecule has 108 valence electrons. The minimum Gasteiger partial charge on any atom is -0.229 e. The Kier molecular flexibility index (Phi) is 3.24. The normalized spacial score (nSPS) is 12.0. The maximum absolute atomic E-state index is 13.2. The number of aryl methyl sites for hydroxylation is 1. The van der Waals surface area contributed by atoms with E-state index in [0.29, 0.717) is 11.3 Å². The number of hydrogen-bond acceptors (Lipinski definition) is 2. The minimum atomic E-state index is -4.50. The molecule has 7 heteroatoms. The third-order valence-corrected chi connectivity index (χ3v) is 3.51. The predicted octanol–water partition coefficient (Wildman–Crippen LogP) is 4.49. The molecule has 0 spiro atoms. The van der Waals surface area contributed by atoms with Crippen LogP contribution in [0.4, 0.5) is 13.2 Å². The highest BCUT2D eigenvalue weighted by Crippen LogP contribution is 2.32. The van der Waals surface area contributed by atoms with Crippen LogP contribution in [0.15, 0.2) is 40.9 Å². The molecule has 2 heterocycles. The van der Waals surface area contributed by atoms with Crippen LogP contribution in [-0.4, -0.2) is 14.6 Å². The lowest BCUT2D eigenvalue weighted by atomic mass is 10.1. The number of benzene rings is 1. The molecule has 3 rings (SSSR count). The van der Waals surface area contributed by atoms with Gasteiger partial charge in [-0.05, 0) is 25.1 Å². The summed E-state index contributed by atoms with van der Waals surface area (Å²) in [7, 11) is 0. The average Bonchev–Trinajstić information content (AvgIpc) is 2.77. The Bertz CT molecular complexity index is 807. The van der Waals surface area contributed by atoms with Gasteiger partial charge in [-0.25, -0.2) is 9.50 Å². The standard InChI is InChI=1S/C14H9BrF3N3/c1-8-6-13-19-11(9-2-4-10(15)5-3-9)7-12(14(16,17)18)21(13)20-8/h2-7H,1H3. The van der Waals surface area contributed by atoms with Crippen molar-refractivity contribution in [3.8, 4) is 11.3 Å². The first-order chi connectivity index (χ1) is 9.84. The van der Waals surface area contributed by atoms with Crippen LogP contribution in [0.1, 0.15) is 11.4 Å². The summed E-state index contributed by atoms with van der Waals surface area (Å²) in [6, 6.07) is 9.49. The molecular formula is C14H9BrF3N3. The monoisotopic (exact) mass is 355 g/mol. The van der Waals surface area contributed by atoms with Crippen molar-refractivity contribution >= 4 is 21.6 Å². The van der Waals surface area contributed by atoms with Crippen LogP contribution in [0.5, 0.6) is 0 Å². The van der Waals surface area contributed by atoms with Gasteiger partial charge in [0.1, 0.15) is 0 Å². The van der Waals surface area contributed by atoms with Crippen molar-refractivity contribution in [2.24, 2.45) is 0 Å². The van der Waals surface area contributed by atoms with Crippen molar-refractivity contribution in [2.75, 3.05) is 0 Å². The lowest BCUT2D eigenvalue weighted by molar-refractivity contribution is -0.142. The Hall–Kier alpha value is -1.89. The fourth-order valence-electron chi connectivity index (χ4n) is 2.06. The molecule has 1 aromatic carbocycles. The quantitative estimate of drug-likeness (QED) is 0.643. The van der Waals surface area contributed by atoms with Gasteiger partial charge in [-0.15, -0.1) is 0 Å². The first kappa shape index (κ1) is 14.1. The molecule has 0 amide bonds. The van der Waals surface area contributed by atoms with Crippen molar-refractivity contribution in [2.45, 2.75) is 13.1 Å². The second kappa shape index (κ2) is 4.84. The molecule has 0 aliphatic carbocycles. The van der Waals surface area contributed by atoms with Crippen LogP contribution in [0.3, 0.4) is 0 Å². The van der Waals surface area contributed by atoms with E-state index in [4.69, 9.17) is 0 Å². The number of hydrogen-bond donors (Lipinski definition) is 0. The van der Waals surface area contributed by atoms with Gasteiger partial charge >= 0.3 is 6.18 Å². The van der Waals surface area contributed by atoms with Crippen LogP contribution in [-0.2, 0) is 6.18 Å². The Balaban J connectivity index is 2.27. The molecule has 3 aromatic rings. The third kappa shape index (κ3) is 2.65. The molecule has 0 unspecified atom stereocenters. The number of halogens is 4. The molecule has 2 aromatic heterocycles. The van der Waals surface area contributed by atoms with Crippen molar-refractivity contribution < 1.29 is 13.2 Å². The van der Waals surface area contributed by atoms with Gasteiger partial charge in [0.05, 0.1) is 11.4 Å². The Morgan fingerprint density at radius 3 is 2.38 bits per heavy atom. The SMILES string of the molecule is Cc1cc2nc(-c3ccc(Br)cc3)cc(C(F)(F)F)n2n1. The molecule has 0 bridgehead atoms. The van der Waals surface area contributed by atoms with E-state index in [1.807, 2.05) is 0 Å². The molecule has 0 N–H and O–H groups in total. The van der Waals surface area contributed by atoms with Crippen LogP contribution >= 0.6 is 15.9 Å². The van der Waals surface area contributed by atoms with Gasteiger partial charge in [-0.2, -0.15) is 18.3 Å². The summed E-state index contributed by atoms with van der Waals surface area (Å²) in [5, 5.41) is 3.86. The fraction of sp³-hybridized carbons (Fsp3) is 0.143. The molecule has 0 saturated carbocycles.